The van der Waals surface area contributed by atoms with Gasteiger partial charge in [-0.15, -0.1) is 0 Å². The molecule has 0 aliphatic heterocycles. The number of carboxylic acids is 1. The number of primary amides is 1. The molecule has 6 heteroatoms. The van der Waals surface area contributed by atoms with E-state index in [0.29, 0.717) is 17.1 Å². The van der Waals surface area contributed by atoms with Crippen LogP contribution in [0.15, 0.2) is 24.3 Å². The lowest BCUT2D eigenvalue weighted by atomic mass is 10.2. The van der Waals surface area contributed by atoms with Crippen molar-refractivity contribution in [2.45, 2.75) is 0 Å². The first kappa shape index (κ1) is 13.6. The summed E-state index contributed by atoms with van der Waals surface area (Å²) in [5, 5.41) is 8.51. The predicted molar refractivity (Wildman–Crippen MR) is 64.4 cm³/mol. The van der Waals surface area contributed by atoms with Gasteiger partial charge in [0.2, 0.25) is 0 Å². The largest absolute Gasteiger partial charge is 0.493 e. The van der Waals surface area contributed by atoms with Crippen LogP contribution in [0.4, 0.5) is 0 Å². The Bertz CT molecular complexity index is 481. The van der Waals surface area contributed by atoms with E-state index in [9.17, 15) is 9.59 Å². The summed E-state index contributed by atoms with van der Waals surface area (Å²) in [4.78, 5) is 21.0. The quantitative estimate of drug-likeness (QED) is 0.723. The van der Waals surface area contributed by atoms with Crippen LogP contribution in [0.2, 0.25) is 0 Å². The number of benzene rings is 1. The van der Waals surface area contributed by atoms with Crippen molar-refractivity contribution in [3.8, 4) is 11.5 Å². The molecule has 0 aromatic heterocycles. The van der Waals surface area contributed by atoms with E-state index >= 15 is 0 Å². The normalized spacial score (nSPS) is 10.3. The number of hydrogen-bond acceptors (Lipinski definition) is 4. The predicted octanol–water partition coefficient (Wildman–Crippen LogP) is 0.657. The average Bonchev–Trinajstić information content (AvgIpc) is 2.34. The minimum Gasteiger partial charge on any atom is -0.493 e. The number of nitrogens with two attached hydrogens (primary N) is 1. The second-order valence-electron chi connectivity index (χ2n) is 3.34. The fraction of sp³-hybridized carbons (Fsp3) is 0.167. The summed E-state index contributed by atoms with van der Waals surface area (Å²) >= 11 is 0. The number of amides is 1. The van der Waals surface area contributed by atoms with E-state index in [1.165, 1.54) is 13.2 Å². The summed E-state index contributed by atoms with van der Waals surface area (Å²) in [6.45, 7) is -0.249. The van der Waals surface area contributed by atoms with Crippen LogP contribution in [0.3, 0.4) is 0 Å². The van der Waals surface area contributed by atoms with E-state index in [-0.39, 0.29) is 6.61 Å². The third-order valence-corrected chi connectivity index (χ3v) is 1.98. The van der Waals surface area contributed by atoms with E-state index in [4.69, 9.17) is 20.3 Å². The zero-order valence-corrected chi connectivity index (χ0v) is 9.75. The van der Waals surface area contributed by atoms with Gasteiger partial charge >= 0.3 is 5.97 Å². The molecule has 3 N–H and O–H groups in total. The second-order valence-corrected chi connectivity index (χ2v) is 3.34. The first-order valence-corrected chi connectivity index (χ1v) is 5.03. The number of hydrogen-bond donors (Lipinski definition) is 2. The summed E-state index contributed by atoms with van der Waals surface area (Å²) in [6.07, 6.45) is 2.43. The van der Waals surface area contributed by atoms with Gasteiger partial charge in [0.1, 0.15) is 0 Å². The maximum Gasteiger partial charge on any atom is 0.328 e. The molecule has 0 aliphatic rings. The molecular weight excluding hydrogens is 238 g/mol. The highest BCUT2D eigenvalue weighted by atomic mass is 16.5. The van der Waals surface area contributed by atoms with Gasteiger partial charge in [-0.2, -0.15) is 0 Å². The third kappa shape index (κ3) is 4.17. The Hall–Kier alpha value is -2.50. The van der Waals surface area contributed by atoms with Gasteiger partial charge in [-0.05, 0) is 23.8 Å². The van der Waals surface area contributed by atoms with Gasteiger partial charge < -0.3 is 20.3 Å². The van der Waals surface area contributed by atoms with Crippen LogP contribution in [0.5, 0.6) is 11.5 Å². The highest BCUT2D eigenvalue weighted by Gasteiger charge is 2.06. The standard InChI is InChI=1S/C12H13NO5/c1-17-10-6-8(3-5-12(15)16)2-4-9(10)18-7-11(13)14/h2-6H,7H2,1H3,(H2,13,14)(H,15,16)/b5-3+. The van der Waals surface area contributed by atoms with E-state index in [2.05, 4.69) is 0 Å². The Morgan fingerprint density at radius 1 is 1.39 bits per heavy atom. The van der Waals surface area contributed by atoms with Crippen LogP contribution >= 0.6 is 0 Å². The molecule has 1 aromatic carbocycles. The van der Waals surface area contributed by atoms with E-state index in [0.717, 1.165) is 6.08 Å². The molecule has 6 nitrogen and oxygen atoms in total. The van der Waals surface area contributed by atoms with Crippen molar-refractivity contribution in [2.75, 3.05) is 13.7 Å². The molecule has 1 aromatic rings. The maximum absolute atomic E-state index is 10.6. The molecule has 0 spiro atoms. The molecule has 0 heterocycles. The van der Waals surface area contributed by atoms with Crippen LogP contribution in [0.1, 0.15) is 5.56 Å². The number of ether oxygens (including phenoxy) is 2. The molecule has 96 valence electrons. The lowest BCUT2D eigenvalue weighted by molar-refractivity contribution is -0.131. The van der Waals surface area contributed by atoms with Crippen molar-refractivity contribution in [3.63, 3.8) is 0 Å². The molecule has 18 heavy (non-hydrogen) atoms. The minimum absolute atomic E-state index is 0.249. The summed E-state index contributed by atoms with van der Waals surface area (Å²) in [6, 6.07) is 4.80. The molecule has 0 aliphatic carbocycles. The molecular formula is C12H13NO5. The molecule has 1 amide bonds. The van der Waals surface area contributed by atoms with Gasteiger partial charge in [0.15, 0.2) is 18.1 Å². The van der Waals surface area contributed by atoms with Gasteiger partial charge in [-0.3, -0.25) is 4.79 Å². The van der Waals surface area contributed by atoms with Crippen molar-refractivity contribution in [3.05, 3.63) is 29.8 Å². The van der Waals surface area contributed by atoms with Gasteiger partial charge in [0.05, 0.1) is 7.11 Å². The summed E-state index contributed by atoms with van der Waals surface area (Å²) in [5.74, 6) is -0.873. The lowest BCUT2D eigenvalue weighted by Crippen LogP contribution is -2.20. The van der Waals surface area contributed by atoms with Gasteiger partial charge in [-0.25, -0.2) is 4.79 Å². The Labute approximate surface area is 104 Å². The van der Waals surface area contributed by atoms with E-state index in [1.54, 1.807) is 18.2 Å². The third-order valence-electron chi connectivity index (χ3n) is 1.98. The van der Waals surface area contributed by atoms with Crippen LogP contribution in [0, 0.1) is 0 Å². The maximum atomic E-state index is 10.6. The average molecular weight is 251 g/mol. The summed E-state index contributed by atoms with van der Waals surface area (Å²) < 4.78 is 10.2. The molecule has 0 fully saturated rings. The van der Waals surface area contributed by atoms with Crippen molar-refractivity contribution in [1.29, 1.82) is 0 Å². The molecule has 0 radical (unpaired) electrons. The van der Waals surface area contributed by atoms with Crippen LogP contribution < -0.4 is 15.2 Å². The molecule has 1 rings (SSSR count). The molecule has 0 unspecified atom stereocenters. The van der Waals surface area contributed by atoms with Crippen molar-refractivity contribution >= 4 is 18.0 Å². The van der Waals surface area contributed by atoms with Gasteiger partial charge in [-0.1, -0.05) is 6.07 Å². The number of methoxy groups -OCH3 is 1. The van der Waals surface area contributed by atoms with Gasteiger partial charge in [0, 0.05) is 6.08 Å². The SMILES string of the molecule is COc1cc(/C=C/C(=O)O)ccc1OCC(N)=O. The fourth-order valence-electron chi connectivity index (χ4n) is 1.22. The molecule has 0 bridgehead atoms. The second kappa shape index (κ2) is 6.29. The number of rotatable bonds is 6. The Morgan fingerprint density at radius 3 is 2.67 bits per heavy atom. The monoisotopic (exact) mass is 251 g/mol. The highest BCUT2D eigenvalue weighted by Crippen LogP contribution is 2.28. The number of carbonyl (C=O) groups is 2. The summed E-state index contributed by atoms with van der Waals surface area (Å²) in [5.41, 5.74) is 5.60. The molecule has 0 saturated carbocycles. The van der Waals surface area contributed by atoms with Gasteiger partial charge in [0.25, 0.3) is 5.91 Å². The topological polar surface area (TPSA) is 98.8 Å². The van der Waals surface area contributed by atoms with Crippen LogP contribution in [-0.4, -0.2) is 30.7 Å². The first-order chi connectivity index (χ1) is 8.52. The van der Waals surface area contributed by atoms with Crippen molar-refractivity contribution < 1.29 is 24.2 Å². The Morgan fingerprint density at radius 2 is 2.11 bits per heavy atom. The zero-order valence-electron chi connectivity index (χ0n) is 9.75. The van der Waals surface area contributed by atoms with Crippen molar-refractivity contribution in [1.82, 2.24) is 0 Å². The highest BCUT2D eigenvalue weighted by molar-refractivity contribution is 5.85. The number of aliphatic carboxylic acids is 1. The number of carboxylic acid groups (broad SMARTS) is 1. The Balaban J connectivity index is 2.89. The Kier molecular flexibility index (Phi) is 4.74. The fourth-order valence-corrected chi connectivity index (χ4v) is 1.22. The van der Waals surface area contributed by atoms with E-state index in [1.807, 2.05) is 0 Å². The molecule has 0 atom stereocenters. The zero-order chi connectivity index (χ0) is 13.5. The first-order valence-electron chi connectivity index (χ1n) is 5.03. The lowest BCUT2D eigenvalue weighted by Gasteiger charge is -2.09. The van der Waals surface area contributed by atoms with E-state index < -0.39 is 11.9 Å². The van der Waals surface area contributed by atoms with Crippen molar-refractivity contribution in [2.24, 2.45) is 5.73 Å². The van der Waals surface area contributed by atoms with Crippen LogP contribution in [-0.2, 0) is 9.59 Å². The minimum atomic E-state index is -1.04. The van der Waals surface area contributed by atoms with Crippen LogP contribution in [0.25, 0.3) is 6.08 Å². The molecule has 0 saturated heterocycles. The number of carbonyl (C=O) groups excluding carboxylic acids is 1. The summed E-state index contributed by atoms with van der Waals surface area (Å²) in [7, 11) is 1.44. The smallest absolute Gasteiger partial charge is 0.328 e.